The molecule has 0 saturated carbocycles. The number of carbonyl (C=O) groups is 1. The van der Waals surface area contributed by atoms with Crippen LogP contribution in [-0.4, -0.2) is 33.7 Å². The molecule has 1 rings (SSSR count). The molecule has 0 saturated heterocycles. The average Bonchev–Trinajstić information content (AvgIpc) is 2.47. The van der Waals surface area contributed by atoms with E-state index in [4.69, 9.17) is 0 Å². The van der Waals surface area contributed by atoms with Crippen LogP contribution in [-0.2, 0) is 21.0 Å². The van der Waals surface area contributed by atoms with Gasteiger partial charge in [0.05, 0.1) is 24.1 Å². The maximum atomic E-state index is 12.6. The summed E-state index contributed by atoms with van der Waals surface area (Å²) in [5.74, 6) is -0.183. The number of rotatable bonds is 8. The molecule has 0 bridgehead atoms. The minimum atomic E-state index is -4.48. The number of unbranched alkanes of at least 4 members (excludes halogenated alkanes) is 1. The maximum absolute atomic E-state index is 12.6. The summed E-state index contributed by atoms with van der Waals surface area (Å²) in [4.78, 5) is 11.5. The Bertz CT molecular complexity index is 643. The highest BCUT2D eigenvalue weighted by atomic mass is 32.2. The first kappa shape index (κ1) is 20.3. The predicted octanol–water partition coefficient (Wildman–Crippen LogP) is 2.78. The molecular formula is C15H21F3N2O3S. The number of nitrogens with one attached hydrogen (secondary N) is 1. The number of alkyl halides is 3. The number of sulfonamides is 1. The normalized spacial score (nSPS) is 12.0. The van der Waals surface area contributed by atoms with Crippen molar-refractivity contribution in [2.24, 2.45) is 0 Å². The molecular weight excluding hydrogens is 345 g/mol. The van der Waals surface area contributed by atoms with E-state index < -0.39 is 21.8 Å². The molecule has 0 aliphatic heterocycles. The fraction of sp³-hybridized carbons (Fsp3) is 0.533. The first-order valence-corrected chi connectivity index (χ1v) is 9.32. The highest BCUT2D eigenvalue weighted by Crippen LogP contribution is 2.30. The first-order valence-electron chi connectivity index (χ1n) is 7.47. The number of halogens is 3. The van der Waals surface area contributed by atoms with Crippen molar-refractivity contribution in [3.8, 4) is 0 Å². The molecule has 5 nitrogen and oxygen atoms in total. The molecule has 9 heteroatoms. The van der Waals surface area contributed by atoms with E-state index in [1.54, 1.807) is 0 Å². The molecule has 24 heavy (non-hydrogen) atoms. The van der Waals surface area contributed by atoms with Gasteiger partial charge in [-0.3, -0.25) is 9.10 Å². The fourth-order valence-electron chi connectivity index (χ4n) is 2.03. The number of hydrogen-bond acceptors (Lipinski definition) is 3. The van der Waals surface area contributed by atoms with Crippen LogP contribution >= 0.6 is 0 Å². The van der Waals surface area contributed by atoms with E-state index in [1.807, 2.05) is 6.92 Å². The van der Waals surface area contributed by atoms with Gasteiger partial charge in [-0.2, -0.15) is 13.2 Å². The van der Waals surface area contributed by atoms with Gasteiger partial charge >= 0.3 is 6.18 Å². The molecule has 0 spiro atoms. The third kappa shape index (κ3) is 6.38. The zero-order valence-corrected chi connectivity index (χ0v) is 14.4. The lowest BCUT2D eigenvalue weighted by molar-refractivity contribution is -0.137. The molecule has 0 unspecified atom stereocenters. The van der Waals surface area contributed by atoms with E-state index in [9.17, 15) is 26.4 Å². The van der Waals surface area contributed by atoms with Crippen molar-refractivity contribution in [1.82, 2.24) is 5.32 Å². The number of hydrogen-bond donors (Lipinski definition) is 1. The van der Waals surface area contributed by atoms with Gasteiger partial charge in [-0.15, -0.1) is 0 Å². The SMILES string of the molecule is CCCCC(=O)NCCN(c1ccc(C(F)(F)F)cc1)S(C)(=O)=O. The van der Waals surface area contributed by atoms with E-state index >= 15 is 0 Å². The third-order valence-electron chi connectivity index (χ3n) is 3.28. The minimum absolute atomic E-state index is 0.0535. The van der Waals surface area contributed by atoms with Gasteiger partial charge in [0.25, 0.3) is 0 Å². The summed E-state index contributed by atoms with van der Waals surface area (Å²) in [5, 5.41) is 2.60. The van der Waals surface area contributed by atoms with Crippen LogP contribution in [0.3, 0.4) is 0 Å². The van der Waals surface area contributed by atoms with Gasteiger partial charge in [-0.1, -0.05) is 13.3 Å². The van der Waals surface area contributed by atoms with Crippen LogP contribution in [0, 0.1) is 0 Å². The predicted molar refractivity (Wildman–Crippen MR) is 86.2 cm³/mol. The Labute approximate surface area is 139 Å². The molecule has 0 heterocycles. The van der Waals surface area contributed by atoms with E-state index in [0.717, 1.165) is 47.7 Å². The second kappa shape index (κ2) is 8.36. The van der Waals surface area contributed by atoms with E-state index in [-0.39, 0.29) is 24.7 Å². The van der Waals surface area contributed by atoms with Crippen molar-refractivity contribution in [3.05, 3.63) is 29.8 Å². The highest BCUT2D eigenvalue weighted by molar-refractivity contribution is 7.92. The van der Waals surface area contributed by atoms with Gasteiger partial charge in [-0.25, -0.2) is 8.42 Å². The summed E-state index contributed by atoms with van der Waals surface area (Å²) in [6.45, 7) is 1.97. The van der Waals surface area contributed by atoms with Crippen LogP contribution in [0.15, 0.2) is 24.3 Å². The van der Waals surface area contributed by atoms with Crippen molar-refractivity contribution >= 4 is 21.6 Å². The van der Waals surface area contributed by atoms with E-state index in [2.05, 4.69) is 5.32 Å². The Kier molecular flexibility index (Phi) is 7.07. The molecule has 0 aliphatic carbocycles. The summed E-state index contributed by atoms with van der Waals surface area (Å²) >= 11 is 0. The molecule has 0 aromatic heterocycles. The lowest BCUT2D eigenvalue weighted by Gasteiger charge is -2.23. The number of benzene rings is 1. The Morgan fingerprint density at radius 1 is 1.21 bits per heavy atom. The second-order valence-electron chi connectivity index (χ2n) is 5.33. The monoisotopic (exact) mass is 366 g/mol. The van der Waals surface area contributed by atoms with Crippen molar-refractivity contribution in [2.45, 2.75) is 32.4 Å². The summed E-state index contributed by atoms with van der Waals surface area (Å²) < 4.78 is 62.4. The van der Waals surface area contributed by atoms with Crippen molar-refractivity contribution in [3.63, 3.8) is 0 Å². The van der Waals surface area contributed by atoms with Crippen LogP contribution in [0.5, 0.6) is 0 Å². The molecule has 1 aromatic carbocycles. The Balaban J connectivity index is 2.78. The largest absolute Gasteiger partial charge is 0.416 e. The number of nitrogens with zero attached hydrogens (tertiary/aromatic N) is 1. The second-order valence-corrected chi connectivity index (χ2v) is 7.24. The zero-order chi connectivity index (χ0) is 18.4. The molecule has 0 atom stereocenters. The maximum Gasteiger partial charge on any atom is 0.416 e. The first-order chi connectivity index (χ1) is 11.1. The molecule has 1 aromatic rings. The lowest BCUT2D eigenvalue weighted by Crippen LogP contribution is -2.38. The molecule has 136 valence electrons. The van der Waals surface area contributed by atoms with Crippen LogP contribution in [0.1, 0.15) is 31.7 Å². The minimum Gasteiger partial charge on any atom is -0.354 e. The van der Waals surface area contributed by atoms with E-state index in [0.29, 0.717) is 6.42 Å². The zero-order valence-electron chi connectivity index (χ0n) is 13.6. The summed E-state index contributed by atoms with van der Waals surface area (Å²) in [7, 11) is -3.68. The number of carbonyl (C=O) groups excluding carboxylic acids is 1. The topological polar surface area (TPSA) is 66.5 Å². The quantitative estimate of drug-likeness (QED) is 0.769. The molecule has 1 amide bonds. The van der Waals surface area contributed by atoms with Gasteiger partial charge in [0.15, 0.2) is 0 Å². The third-order valence-corrected chi connectivity index (χ3v) is 4.47. The number of amides is 1. The standard InChI is InChI=1S/C15H21F3N2O3S/c1-3-4-5-14(21)19-10-11-20(24(2,22)23)13-8-6-12(7-9-13)15(16,17)18/h6-9H,3-5,10-11H2,1-2H3,(H,19,21). The smallest absolute Gasteiger partial charge is 0.354 e. The van der Waals surface area contributed by atoms with E-state index in [1.165, 1.54) is 0 Å². The molecule has 0 radical (unpaired) electrons. The Morgan fingerprint density at radius 3 is 2.25 bits per heavy atom. The average molecular weight is 366 g/mol. The molecule has 0 aliphatic rings. The van der Waals surface area contributed by atoms with Gasteiger partial charge in [0.2, 0.25) is 15.9 Å². The lowest BCUT2D eigenvalue weighted by atomic mass is 10.2. The molecule has 0 fully saturated rings. The van der Waals surface area contributed by atoms with Crippen molar-refractivity contribution in [1.29, 1.82) is 0 Å². The van der Waals surface area contributed by atoms with Gasteiger partial charge in [-0.05, 0) is 30.7 Å². The molecule has 1 N–H and O–H groups in total. The Morgan fingerprint density at radius 2 is 1.79 bits per heavy atom. The summed E-state index contributed by atoms with van der Waals surface area (Å²) in [5.41, 5.74) is -0.735. The van der Waals surface area contributed by atoms with Crippen molar-refractivity contribution in [2.75, 3.05) is 23.7 Å². The Hall–Kier alpha value is -1.77. The van der Waals surface area contributed by atoms with Crippen LogP contribution in [0.2, 0.25) is 0 Å². The van der Waals surface area contributed by atoms with Crippen LogP contribution in [0.4, 0.5) is 18.9 Å². The van der Waals surface area contributed by atoms with Gasteiger partial charge in [0, 0.05) is 13.0 Å². The van der Waals surface area contributed by atoms with Crippen molar-refractivity contribution < 1.29 is 26.4 Å². The van der Waals surface area contributed by atoms with Crippen LogP contribution < -0.4 is 9.62 Å². The van der Waals surface area contributed by atoms with Gasteiger partial charge < -0.3 is 5.32 Å². The number of anilines is 1. The highest BCUT2D eigenvalue weighted by Gasteiger charge is 2.30. The summed E-state index contributed by atoms with van der Waals surface area (Å²) in [6.07, 6.45) is -1.56. The van der Waals surface area contributed by atoms with Crippen LogP contribution in [0.25, 0.3) is 0 Å². The summed E-state index contributed by atoms with van der Waals surface area (Å²) in [6, 6.07) is 3.85. The van der Waals surface area contributed by atoms with Gasteiger partial charge in [0.1, 0.15) is 0 Å². The fourth-order valence-corrected chi connectivity index (χ4v) is 2.95.